The SMILES string of the molecule is O=C(NCC(c1cccc(F)c1)N1CCOCC1)c1oc2ccccc2c1CSc1ncccn1. The third-order valence-electron chi connectivity index (χ3n) is 5.97. The minimum atomic E-state index is -0.305. The number of morpholine rings is 1. The Balaban J connectivity index is 1.38. The molecular formula is C26H25FN4O3S. The van der Waals surface area contributed by atoms with Crippen LogP contribution in [0.4, 0.5) is 4.39 Å². The lowest BCUT2D eigenvalue weighted by Crippen LogP contribution is -2.43. The molecule has 0 spiro atoms. The van der Waals surface area contributed by atoms with Gasteiger partial charge in [0.2, 0.25) is 0 Å². The average Bonchev–Trinajstić information content (AvgIpc) is 3.27. The van der Waals surface area contributed by atoms with Gasteiger partial charge in [0.05, 0.1) is 19.3 Å². The van der Waals surface area contributed by atoms with Crippen LogP contribution in [0.1, 0.15) is 27.7 Å². The lowest BCUT2D eigenvalue weighted by molar-refractivity contribution is 0.0161. The Labute approximate surface area is 206 Å². The first-order chi connectivity index (χ1) is 17.2. The van der Waals surface area contributed by atoms with Gasteiger partial charge in [-0.1, -0.05) is 42.1 Å². The van der Waals surface area contributed by atoms with Gasteiger partial charge in [0, 0.05) is 48.7 Å². The van der Waals surface area contributed by atoms with Gasteiger partial charge in [-0.15, -0.1) is 0 Å². The van der Waals surface area contributed by atoms with Crippen LogP contribution in [-0.4, -0.2) is 53.6 Å². The van der Waals surface area contributed by atoms with Crippen LogP contribution in [0.15, 0.2) is 76.6 Å². The molecule has 0 radical (unpaired) electrons. The van der Waals surface area contributed by atoms with E-state index in [9.17, 15) is 9.18 Å². The van der Waals surface area contributed by atoms with Gasteiger partial charge in [0.25, 0.3) is 5.91 Å². The van der Waals surface area contributed by atoms with Crippen molar-refractivity contribution < 1.29 is 18.3 Å². The Bertz CT molecular complexity index is 1290. The second-order valence-corrected chi connectivity index (χ2v) is 9.10. The fourth-order valence-corrected chi connectivity index (χ4v) is 5.08. The molecular weight excluding hydrogens is 467 g/mol. The molecule has 0 bridgehead atoms. The number of nitrogens with one attached hydrogen (secondary N) is 1. The number of carbonyl (C=O) groups is 1. The van der Waals surface area contributed by atoms with Crippen LogP contribution in [0.2, 0.25) is 0 Å². The predicted molar refractivity (Wildman–Crippen MR) is 132 cm³/mol. The topological polar surface area (TPSA) is 80.5 Å². The van der Waals surface area contributed by atoms with Crippen LogP contribution in [-0.2, 0) is 10.5 Å². The van der Waals surface area contributed by atoms with Gasteiger partial charge in [-0.25, -0.2) is 14.4 Å². The summed E-state index contributed by atoms with van der Waals surface area (Å²) >= 11 is 1.44. The molecule has 1 fully saturated rings. The zero-order valence-electron chi connectivity index (χ0n) is 19.0. The van der Waals surface area contributed by atoms with Crippen molar-refractivity contribution in [3.05, 3.63) is 89.7 Å². The Morgan fingerprint density at radius 1 is 1.09 bits per heavy atom. The predicted octanol–water partition coefficient (Wildman–Crippen LogP) is 4.46. The molecule has 0 aliphatic carbocycles. The van der Waals surface area contributed by atoms with Gasteiger partial charge in [0.1, 0.15) is 11.4 Å². The molecule has 0 saturated carbocycles. The first-order valence-electron chi connectivity index (χ1n) is 11.4. The summed E-state index contributed by atoms with van der Waals surface area (Å²) in [5.74, 6) is 0.155. The van der Waals surface area contributed by atoms with E-state index in [1.165, 1.54) is 23.9 Å². The highest BCUT2D eigenvalue weighted by Gasteiger charge is 2.26. The minimum Gasteiger partial charge on any atom is -0.451 e. The Morgan fingerprint density at radius 3 is 2.69 bits per heavy atom. The molecule has 1 aliphatic heterocycles. The molecule has 4 aromatic rings. The van der Waals surface area contributed by atoms with Gasteiger partial charge in [-0.05, 0) is 29.8 Å². The van der Waals surface area contributed by atoms with E-state index in [2.05, 4.69) is 20.2 Å². The summed E-state index contributed by atoms with van der Waals surface area (Å²) in [5.41, 5.74) is 2.26. The number of furan rings is 1. The molecule has 1 unspecified atom stereocenters. The van der Waals surface area contributed by atoms with Gasteiger partial charge in [0.15, 0.2) is 10.9 Å². The summed E-state index contributed by atoms with van der Waals surface area (Å²) in [4.78, 5) is 24.1. The standard InChI is InChI=1S/C26H25FN4O3S/c27-19-6-3-5-18(15-19)22(31-11-13-33-14-12-31)16-30-25(32)24-21(17-35-26-28-9-4-10-29-26)20-7-1-2-8-23(20)34-24/h1-10,15,22H,11-14,16-17H2,(H,30,32). The third kappa shape index (κ3) is 5.53. The largest absolute Gasteiger partial charge is 0.451 e. The number of ether oxygens (including phenoxy) is 1. The summed E-state index contributed by atoms with van der Waals surface area (Å²) < 4.78 is 25.5. The zero-order valence-corrected chi connectivity index (χ0v) is 19.8. The van der Waals surface area contributed by atoms with E-state index in [1.807, 2.05) is 30.3 Å². The number of aromatic nitrogens is 2. The van der Waals surface area contributed by atoms with E-state index in [4.69, 9.17) is 9.15 Å². The van der Waals surface area contributed by atoms with Crippen molar-refractivity contribution >= 4 is 28.6 Å². The Kier molecular flexibility index (Phi) is 7.37. The maximum Gasteiger partial charge on any atom is 0.287 e. The number of halogens is 1. The molecule has 1 amide bonds. The molecule has 180 valence electrons. The number of hydrogen-bond acceptors (Lipinski definition) is 7. The molecule has 1 aliphatic rings. The fraction of sp³-hybridized carbons (Fsp3) is 0.269. The molecule has 2 aromatic carbocycles. The molecule has 3 heterocycles. The maximum absolute atomic E-state index is 14.0. The Morgan fingerprint density at radius 2 is 1.89 bits per heavy atom. The van der Waals surface area contributed by atoms with Crippen molar-refractivity contribution in [3.8, 4) is 0 Å². The first-order valence-corrected chi connectivity index (χ1v) is 12.4. The molecule has 7 nitrogen and oxygen atoms in total. The summed E-state index contributed by atoms with van der Waals surface area (Å²) in [7, 11) is 0. The van der Waals surface area contributed by atoms with Crippen molar-refractivity contribution in [2.45, 2.75) is 17.0 Å². The number of amides is 1. The molecule has 5 rings (SSSR count). The highest BCUT2D eigenvalue weighted by atomic mass is 32.2. The number of hydrogen-bond donors (Lipinski definition) is 1. The van der Waals surface area contributed by atoms with Gasteiger partial charge in [-0.3, -0.25) is 9.69 Å². The normalized spacial score (nSPS) is 15.2. The van der Waals surface area contributed by atoms with Gasteiger partial charge in [-0.2, -0.15) is 0 Å². The van der Waals surface area contributed by atoms with Crippen LogP contribution >= 0.6 is 11.8 Å². The molecule has 1 N–H and O–H groups in total. The van der Waals surface area contributed by atoms with E-state index in [-0.39, 0.29) is 23.5 Å². The summed E-state index contributed by atoms with van der Waals surface area (Å²) in [6.45, 7) is 2.94. The zero-order chi connectivity index (χ0) is 24.0. The van der Waals surface area contributed by atoms with E-state index >= 15 is 0 Å². The van der Waals surface area contributed by atoms with E-state index in [0.29, 0.717) is 49.3 Å². The van der Waals surface area contributed by atoms with Crippen LogP contribution in [0, 0.1) is 5.82 Å². The minimum absolute atomic E-state index is 0.182. The van der Waals surface area contributed by atoms with Gasteiger partial charge < -0.3 is 14.5 Å². The number of fused-ring (bicyclic) bond motifs is 1. The van der Waals surface area contributed by atoms with Crippen LogP contribution < -0.4 is 5.32 Å². The number of rotatable bonds is 8. The Hall–Kier alpha value is -3.27. The van der Waals surface area contributed by atoms with Crippen molar-refractivity contribution in [2.24, 2.45) is 0 Å². The summed E-state index contributed by atoms with van der Waals surface area (Å²) in [5, 5.41) is 4.55. The molecule has 1 atom stereocenters. The van der Waals surface area contributed by atoms with Crippen LogP contribution in [0.25, 0.3) is 11.0 Å². The number of carbonyl (C=O) groups excluding carboxylic acids is 1. The summed E-state index contributed by atoms with van der Waals surface area (Å²) in [6.07, 6.45) is 3.38. The monoisotopic (exact) mass is 492 g/mol. The lowest BCUT2D eigenvalue weighted by Gasteiger charge is -2.34. The molecule has 35 heavy (non-hydrogen) atoms. The molecule has 1 saturated heterocycles. The van der Waals surface area contributed by atoms with Crippen molar-refractivity contribution in [2.75, 3.05) is 32.8 Å². The van der Waals surface area contributed by atoms with Crippen molar-refractivity contribution in [1.29, 1.82) is 0 Å². The number of benzene rings is 2. The highest BCUT2D eigenvalue weighted by molar-refractivity contribution is 7.98. The van der Waals surface area contributed by atoms with Crippen LogP contribution in [0.3, 0.4) is 0 Å². The molecule has 2 aromatic heterocycles. The second kappa shape index (κ2) is 11.0. The van der Waals surface area contributed by atoms with Crippen molar-refractivity contribution in [1.82, 2.24) is 20.2 Å². The van der Waals surface area contributed by atoms with E-state index in [0.717, 1.165) is 16.5 Å². The molecule has 9 heteroatoms. The third-order valence-corrected chi connectivity index (χ3v) is 6.87. The summed E-state index contributed by atoms with van der Waals surface area (Å²) in [6, 6.07) is 15.7. The number of nitrogens with zero attached hydrogens (tertiary/aromatic N) is 3. The number of thioether (sulfide) groups is 1. The van der Waals surface area contributed by atoms with Crippen LogP contribution in [0.5, 0.6) is 0 Å². The quantitative estimate of drug-likeness (QED) is 0.287. The maximum atomic E-state index is 14.0. The smallest absolute Gasteiger partial charge is 0.287 e. The highest BCUT2D eigenvalue weighted by Crippen LogP contribution is 2.31. The second-order valence-electron chi connectivity index (χ2n) is 8.16. The first kappa shape index (κ1) is 23.5. The fourth-order valence-electron chi connectivity index (χ4n) is 4.25. The average molecular weight is 493 g/mol. The van der Waals surface area contributed by atoms with E-state index in [1.54, 1.807) is 24.5 Å². The van der Waals surface area contributed by atoms with Gasteiger partial charge >= 0.3 is 0 Å². The van der Waals surface area contributed by atoms with Crippen molar-refractivity contribution in [3.63, 3.8) is 0 Å². The lowest BCUT2D eigenvalue weighted by atomic mass is 10.0. The number of para-hydroxylation sites is 1. The van der Waals surface area contributed by atoms with E-state index < -0.39 is 0 Å².